The molecular weight excluding hydrogens is 328 g/mol. The Balaban J connectivity index is 1.62. The molecule has 2 rings (SSSR count). The third-order valence-corrected chi connectivity index (χ3v) is 4.67. The highest BCUT2D eigenvalue weighted by Gasteiger charge is 2.11. The minimum absolute atomic E-state index is 0.389. The van der Waals surface area contributed by atoms with Gasteiger partial charge in [0, 0.05) is 18.8 Å². The number of hydrogen-bond donors (Lipinski definition) is 1. The first kappa shape index (κ1) is 20.7. The number of unbranched alkanes of at least 4 members (excludes halogenated alkanes) is 3. The van der Waals surface area contributed by atoms with Crippen LogP contribution in [0.5, 0.6) is 0 Å². The van der Waals surface area contributed by atoms with Crippen LogP contribution in [0, 0.1) is 0 Å². The number of nitrogens with one attached hydrogen (secondary N) is 1. The average molecular weight is 363 g/mol. The molecule has 1 aliphatic heterocycles. The predicted molar refractivity (Wildman–Crippen MR) is 106 cm³/mol. The third-order valence-electron chi connectivity index (χ3n) is 4.67. The van der Waals surface area contributed by atoms with E-state index in [9.17, 15) is 4.79 Å². The summed E-state index contributed by atoms with van der Waals surface area (Å²) < 4.78 is 11.0. The molecule has 5 nitrogen and oxygen atoms in total. The first-order valence-electron chi connectivity index (χ1n) is 10.1. The summed E-state index contributed by atoms with van der Waals surface area (Å²) in [6.07, 6.45) is 8.26. The van der Waals surface area contributed by atoms with Crippen molar-refractivity contribution >= 4 is 11.8 Å². The lowest BCUT2D eigenvalue weighted by molar-refractivity contribution is 0.117. The maximum Gasteiger partial charge on any atom is 0.411 e. The lowest BCUT2D eigenvalue weighted by Gasteiger charge is -2.25. The van der Waals surface area contributed by atoms with E-state index in [1.807, 2.05) is 24.3 Å². The molecule has 26 heavy (non-hydrogen) atoms. The maximum atomic E-state index is 11.9. The number of rotatable bonds is 11. The smallest absolute Gasteiger partial charge is 0.411 e. The second kappa shape index (κ2) is 12.7. The number of ether oxygens (including phenoxy) is 2. The Labute approximate surface area is 158 Å². The lowest BCUT2D eigenvalue weighted by atomic mass is 10.1. The van der Waals surface area contributed by atoms with E-state index in [0.29, 0.717) is 13.2 Å². The SMILES string of the molecule is CCCCCCOCc1cccc(NC(=O)OCCN2CCCCC2)c1. The molecule has 0 atom stereocenters. The zero-order valence-electron chi connectivity index (χ0n) is 16.2. The first-order chi connectivity index (χ1) is 12.8. The van der Waals surface area contributed by atoms with Gasteiger partial charge in [0.15, 0.2) is 0 Å². The molecule has 0 bridgehead atoms. The Kier molecular flexibility index (Phi) is 10.1. The van der Waals surface area contributed by atoms with Gasteiger partial charge < -0.3 is 9.47 Å². The molecular formula is C21H34N2O3. The van der Waals surface area contributed by atoms with Crippen molar-refractivity contribution in [1.29, 1.82) is 0 Å². The number of carbonyl (C=O) groups excluding carboxylic acids is 1. The summed E-state index contributed by atoms with van der Waals surface area (Å²) in [7, 11) is 0. The van der Waals surface area contributed by atoms with Gasteiger partial charge in [0.2, 0.25) is 0 Å². The molecule has 1 fully saturated rings. The molecule has 0 unspecified atom stereocenters. The predicted octanol–water partition coefficient (Wildman–Crippen LogP) is 4.82. The minimum atomic E-state index is -0.389. The molecule has 0 aliphatic carbocycles. The van der Waals surface area contributed by atoms with Crippen molar-refractivity contribution in [2.75, 3.05) is 38.2 Å². The van der Waals surface area contributed by atoms with Gasteiger partial charge in [-0.25, -0.2) is 4.79 Å². The van der Waals surface area contributed by atoms with E-state index in [4.69, 9.17) is 9.47 Å². The second-order valence-electron chi connectivity index (χ2n) is 6.98. The van der Waals surface area contributed by atoms with Crippen molar-refractivity contribution in [1.82, 2.24) is 4.90 Å². The van der Waals surface area contributed by atoms with Crippen molar-refractivity contribution in [3.63, 3.8) is 0 Å². The summed E-state index contributed by atoms with van der Waals surface area (Å²) in [6, 6.07) is 7.76. The summed E-state index contributed by atoms with van der Waals surface area (Å²) in [4.78, 5) is 14.3. The highest BCUT2D eigenvalue weighted by molar-refractivity contribution is 5.84. The molecule has 0 spiro atoms. The number of likely N-dealkylation sites (tertiary alicyclic amines) is 1. The Morgan fingerprint density at radius 3 is 2.77 bits per heavy atom. The minimum Gasteiger partial charge on any atom is -0.448 e. The van der Waals surface area contributed by atoms with E-state index >= 15 is 0 Å². The molecule has 5 heteroatoms. The van der Waals surface area contributed by atoms with Crippen LogP contribution in [0.4, 0.5) is 10.5 Å². The van der Waals surface area contributed by atoms with Crippen molar-refractivity contribution in [3.05, 3.63) is 29.8 Å². The van der Waals surface area contributed by atoms with E-state index in [1.165, 1.54) is 38.5 Å². The fourth-order valence-electron chi connectivity index (χ4n) is 3.16. The van der Waals surface area contributed by atoms with Crippen molar-refractivity contribution in [2.45, 2.75) is 58.5 Å². The zero-order valence-corrected chi connectivity index (χ0v) is 16.2. The number of benzene rings is 1. The van der Waals surface area contributed by atoms with Gasteiger partial charge in [0.1, 0.15) is 6.61 Å². The normalized spacial score (nSPS) is 15.0. The molecule has 146 valence electrons. The van der Waals surface area contributed by atoms with Crippen LogP contribution >= 0.6 is 0 Å². The molecule has 1 aliphatic rings. The fourth-order valence-corrected chi connectivity index (χ4v) is 3.16. The number of carbonyl (C=O) groups is 1. The maximum absolute atomic E-state index is 11.9. The van der Waals surface area contributed by atoms with Gasteiger partial charge in [-0.2, -0.15) is 0 Å². The van der Waals surface area contributed by atoms with Crippen molar-refractivity contribution in [2.24, 2.45) is 0 Å². The van der Waals surface area contributed by atoms with E-state index in [-0.39, 0.29) is 6.09 Å². The number of piperidine rings is 1. The fraction of sp³-hybridized carbons (Fsp3) is 0.667. The molecule has 1 aromatic carbocycles. The van der Waals surface area contributed by atoms with Gasteiger partial charge in [0.25, 0.3) is 0 Å². The van der Waals surface area contributed by atoms with Crippen LogP contribution in [0.3, 0.4) is 0 Å². The van der Waals surface area contributed by atoms with E-state index in [0.717, 1.165) is 43.9 Å². The van der Waals surface area contributed by atoms with E-state index in [1.54, 1.807) is 0 Å². The average Bonchev–Trinajstić information content (AvgIpc) is 2.66. The molecule has 0 aromatic heterocycles. The highest BCUT2D eigenvalue weighted by Crippen LogP contribution is 2.13. The molecule has 1 N–H and O–H groups in total. The molecule has 0 radical (unpaired) electrons. The Morgan fingerprint density at radius 2 is 1.96 bits per heavy atom. The van der Waals surface area contributed by atoms with Gasteiger partial charge in [-0.3, -0.25) is 10.2 Å². The van der Waals surface area contributed by atoms with Crippen LogP contribution in [-0.2, 0) is 16.1 Å². The number of nitrogens with zero attached hydrogens (tertiary/aromatic N) is 1. The number of hydrogen-bond acceptors (Lipinski definition) is 4. The molecule has 1 saturated heterocycles. The third kappa shape index (κ3) is 8.68. The van der Waals surface area contributed by atoms with Gasteiger partial charge >= 0.3 is 6.09 Å². The van der Waals surface area contributed by atoms with Crippen LogP contribution in [0.25, 0.3) is 0 Å². The largest absolute Gasteiger partial charge is 0.448 e. The lowest BCUT2D eigenvalue weighted by Crippen LogP contribution is -2.33. The summed E-state index contributed by atoms with van der Waals surface area (Å²) >= 11 is 0. The monoisotopic (exact) mass is 362 g/mol. The summed E-state index contributed by atoms with van der Waals surface area (Å²) in [6.45, 7) is 7.06. The Bertz CT molecular complexity index is 516. The van der Waals surface area contributed by atoms with Crippen molar-refractivity contribution in [3.8, 4) is 0 Å². The van der Waals surface area contributed by atoms with Crippen LogP contribution in [0.15, 0.2) is 24.3 Å². The van der Waals surface area contributed by atoms with Crippen molar-refractivity contribution < 1.29 is 14.3 Å². The summed E-state index contributed by atoms with van der Waals surface area (Å²) in [5.74, 6) is 0. The Morgan fingerprint density at radius 1 is 1.12 bits per heavy atom. The second-order valence-corrected chi connectivity index (χ2v) is 6.98. The van der Waals surface area contributed by atoms with E-state index in [2.05, 4.69) is 17.1 Å². The molecule has 1 heterocycles. The van der Waals surface area contributed by atoms with Crippen LogP contribution in [-0.4, -0.2) is 43.8 Å². The first-order valence-corrected chi connectivity index (χ1v) is 10.1. The van der Waals surface area contributed by atoms with Crippen LogP contribution < -0.4 is 5.32 Å². The standard InChI is InChI=1S/C21H34N2O3/c1-2-3-4-8-15-25-18-19-10-9-11-20(17-19)22-21(24)26-16-14-23-12-6-5-7-13-23/h9-11,17H,2-8,12-16,18H2,1H3,(H,22,24). The Hall–Kier alpha value is -1.59. The molecule has 1 amide bonds. The quantitative estimate of drug-likeness (QED) is 0.574. The highest BCUT2D eigenvalue weighted by atomic mass is 16.5. The summed E-state index contributed by atoms with van der Waals surface area (Å²) in [5.41, 5.74) is 1.81. The zero-order chi connectivity index (χ0) is 18.5. The van der Waals surface area contributed by atoms with Gasteiger partial charge in [0.05, 0.1) is 6.61 Å². The van der Waals surface area contributed by atoms with Crippen LogP contribution in [0.2, 0.25) is 0 Å². The van der Waals surface area contributed by atoms with Gasteiger partial charge in [-0.05, 0) is 50.0 Å². The number of anilines is 1. The van der Waals surface area contributed by atoms with Crippen LogP contribution in [0.1, 0.15) is 57.4 Å². The van der Waals surface area contributed by atoms with Gasteiger partial charge in [-0.1, -0.05) is 44.7 Å². The summed E-state index contributed by atoms with van der Waals surface area (Å²) in [5, 5.41) is 2.80. The molecule has 1 aromatic rings. The molecule has 0 saturated carbocycles. The number of amides is 1. The van der Waals surface area contributed by atoms with E-state index < -0.39 is 0 Å². The topological polar surface area (TPSA) is 50.8 Å². The van der Waals surface area contributed by atoms with Gasteiger partial charge in [-0.15, -0.1) is 0 Å².